The number of nitro groups is 1. The van der Waals surface area contributed by atoms with E-state index in [1.807, 2.05) is 0 Å². The summed E-state index contributed by atoms with van der Waals surface area (Å²) in [6, 6.07) is 5.43. The van der Waals surface area contributed by atoms with Gasteiger partial charge in [0, 0.05) is 25.3 Å². The Balaban J connectivity index is 2.47. The molecule has 0 heterocycles. The fourth-order valence-electron chi connectivity index (χ4n) is 1.63. The lowest BCUT2D eigenvalue weighted by molar-refractivity contribution is -0.384. The highest BCUT2D eigenvalue weighted by Crippen LogP contribution is 2.13. The molecule has 0 atom stereocenters. The number of hydrogen-bond acceptors (Lipinski definition) is 5. The molecular weight excluding hydrogens is 284 g/mol. The van der Waals surface area contributed by atoms with E-state index in [4.69, 9.17) is 5.11 Å². The first-order valence-corrected chi connectivity index (χ1v) is 7.91. The molecule has 1 aromatic carbocycles. The summed E-state index contributed by atoms with van der Waals surface area (Å²) in [6.45, 7) is 0.435. The van der Waals surface area contributed by atoms with Crippen LogP contribution in [0.5, 0.6) is 0 Å². The van der Waals surface area contributed by atoms with Crippen LogP contribution in [0.1, 0.15) is 24.8 Å². The van der Waals surface area contributed by atoms with Crippen molar-refractivity contribution in [3.63, 3.8) is 0 Å². The van der Waals surface area contributed by atoms with E-state index in [0.717, 1.165) is 6.42 Å². The molecule has 0 aliphatic carbocycles. The minimum absolute atomic E-state index is 0.0666. The summed E-state index contributed by atoms with van der Waals surface area (Å²) >= 11 is 0. The zero-order chi connectivity index (χ0) is 15.0. The van der Waals surface area contributed by atoms with Crippen molar-refractivity contribution in [1.29, 1.82) is 0 Å². The molecule has 8 heteroatoms. The minimum atomic E-state index is -3.44. The van der Waals surface area contributed by atoms with Crippen molar-refractivity contribution in [3.8, 4) is 0 Å². The Hall–Kier alpha value is -1.51. The van der Waals surface area contributed by atoms with Gasteiger partial charge in [0.2, 0.25) is 10.0 Å². The molecule has 0 aliphatic heterocycles. The van der Waals surface area contributed by atoms with Crippen LogP contribution in [0.3, 0.4) is 0 Å². The number of nitro benzene ring substituents is 1. The fraction of sp³-hybridized carbons (Fsp3) is 0.500. The third kappa shape index (κ3) is 6.09. The summed E-state index contributed by atoms with van der Waals surface area (Å²) in [7, 11) is -3.44. The van der Waals surface area contributed by atoms with E-state index in [1.165, 1.54) is 24.3 Å². The Morgan fingerprint density at radius 3 is 2.35 bits per heavy atom. The Labute approximate surface area is 117 Å². The molecule has 7 nitrogen and oxygen atoms in total. The molecule has 1 rings (SSSR count). The van der Waals surface area contributed by atoms with Crippen LogP contribution in [0.15, 0.2) is 24.3 Å². The maximum atomic E-state index is 11.8. The topological polar surface area (TPSA) is 110 Å². The van der Waals surface area contributed by atoms with Gasteiger partial charge in [-0.05, 0) is 24.8 Å². The van der Waals surface area contributed by atoms with Crippen LogP contribution < -0.4 is 4.72 Å². The van der Waals surface area contributed by atoms with Gasteiger partial charge in [0.15, 0.2) is 0 Å². The van der Waals surface area contributed by atoms with E-state index in [0.29, 0.717) is 24.9 Å². The minimum Gasteiger partial charge on any atom is -0.396 e. The summed E-state index contributed by atoms with van der Waals surface area (Å²) in [5.74, 6) is -0.203. The van der Waals surface area contributed by atoms with Crippen LogP contribution in [0.4, 0.5) is 5.69 Å². The Morgan fingerprint density at radius 1 is 1.15 bits per heavy atom. The highest BCUT2D eigenvalue weighted by molar-refractivity contribution is 7.88. The van der Waals surface area contributed by atoms with Crippen LogP contribution in [-0.2, 0) is 15.8 Å². The van der Waals surface area contributed by atoms with Crippen LogP contribution in [0.25, 0.3) is 0 Å². The Bertz CT molecular complexity index is 527. The first-order valence-electron chi connectivity index (χ1n) is 6.26. The second-order valence-corrected chi connectivity index (χ2v) is 6.17. The zero-order valence-electron chi connectivity index (χ0n) is 11.0. The largest absolute Gasteiger partial charge is 0.396 e. The van der Waals surface area contributed by atoms with Crippen molar-refractivity contribution < 1.29 is 18.4 Å². The molecule has 0 aliphatic rings. The van der Waals surface area contributed by atoms with Gasteiger partial charge in [-0.1, -0.05) is 12.1 Å². The lowest BCUT2D eigenvalue weighted by Gasteiger charge is -2.06. The molecule has 0 bridgehead atoms. The summed E-state index contributed by atoms with van der Waals surface area (Å²) in [5.41, 5.74) is 0.432. The Morgan fingerprint density at radius 2 is 1.80 bits per heavy atom. The summed E-state index contributed by atoms with van der Waals surface area (Å²) in [4.78, 5) is 9.95. The second-order valence-electron chi connectivity index (χ2n) is 4.36. The molecule has 0 aromatic heterocycles. The van der Waals surface area contributed by atoms with Crippen LogP contribution >= 0.6 is 0 Å². The first-order chi connectivity index (χ1) is 9.44. The van der Waals surface area contributed by atoms with Crippen molar-refractivity contribution in [2.45, 2.75) is 25.0 Å². The lowest BCUT2D eigenvalue weighted by Crippen LogP contribution is -2.26. The molecule has 0 saturated carbocycles. The van der Waals surface area contributed by atoms with Crippen molar-refractivity contribution in [2.24, 2.45) is 0 Å². The number of benzene rings is 1. The normalized spacial score (nSPS) is 11.4. The third-order valence-electron chi connectivity index (χ3n) is 2.66. The van der Waals surface area contributed by atoms with Gasteiger partial charge in [-0.25, -0.2) is 13.1 Å². The molecule has 0 fully saturated rings. The van der Waals surface area contributed by atoms with E-state index >= 15 is 0 Å². The van der Waals surface area contributed by atoms with Crippen molar-refractivity contribution in [1.82, 2.24) is 4.72 Å². The monoisotopic (exact) mass is 302 g/mol. The first kappa shape index (κ1) is 16.5. The Kier molecular flexibility index (Phi) is 6.56. The number of hydrogen-bond donors (Lipinski definition) is 2. The summed E-state index contributed by atoms with van der Waals surface area (Å²) in [6.07, 6.45) is 2.08. The molecule has 20 heavy (non-hydrogen) atoms. The van der Waals surface area contributed by atoms with Gasteiger partial charge in [-0.3, -0.25) is 10.1 Å². The molecule has 1 aromatic rings. The average molecular weight is 302 g/mol. The number of aliphatic hydroxyl groups is 1. The highest BCUT2D eigenvalue weighted by Gasteiger charge is 2.12. The number of sulfonamides is 1. The smallest absolute Gasteiger partial charge is 0.269 e. The van der Waals surface area contributed by atoms with E-state index in [2.05, 4.69) is 4.72 Å². The SMILES string of the molecule is O=[N+]([O-])c1ccc(CS(=O)(=O)NCCCCCO)cc1. The molecule has 0 unspecified atom stereocenters. The predicted molar refractivity (Wildman–Crippen MR) is 74.7 cm³/mol. The molecule has 0 amide bonds. The van der Waals surface area contributed by atoms with Crippen LogP contribution in [0.2, 0.25) is 0 Å². The van der Waals surface area contributed by atoms with E-state index in [1.54, 1.807) is 0 Å². The molecule has 2 N–H and O–H groups in total. The van der Waals surface area contributed by atoms with Gasteiger partial charge in [-0.2, -0.15) is 0 Å². The summed E-state index contributed by atoms with van der Waals surface area (Å²) in [5, 5.41) is 19.1. The quantitative estimate of drug-likeness (QED) is 0.404. The molecule has 0 saturated heterocycles. The van der Waals surface area contributed by atoms with Crippen molar-refractivity contribution in [2.75, 3.05) is 13.2 Å². The fourth-order valence-corrected chi connectivity index (χ4v) is 2.81. The van der Waals surface area contributed by atoms with Gasteiger partial charge < -0.3 is 5.11 Å². The third-order valence-corrected chi connectivity index (χ3v) is 4.02. The highest BCUT2D eigenvalue weighted by atomic mass is 32.2. The van der Waals surface area contributed by atoms with Gasteiger partial charge >= 0.3 is 0 Å². The second kappa shape index (κ2) is 7.93. The van der Waals surface area contributed by atoms with E-state index in [-0.39, 0.29) is 18.0 Å². The summed E-state index contributed by atoms with van der Waals surface area (Å²) < 4.78 is 26.0. The number of rotatable bonds is 9. The number of non-ortho nitro benzene ring substituents is 1. The molecule has 0 radical (unpaired) electrons. The predicted octanol–water partition coefficient (Wildman–Crippen LogP) is 1.18. The van der Waals surface area contributed by atoms with Crippen LogP contribution in [0, 0.1) is 10.1 Å². The van der Waals surface area contributed by atoms with Gasteiger partial charge in [0.05, 0.1) is 10.7 Å². The molecular formula is C12H18N2O5S. The number of nitrogens with one attached hydrogen (secondary N) is 1. The van der Waals surface area contributed by atoms with E-state index in [9.17, 15) is 18.5 Å². The van der Waals surface area contributed by atoms with Crippen molar-refractivity contribution >= 4 is 15.7 Å². The standard InChI is InChI=1S/C12H18N2O5S/c15-9-3-1-2-8-13-20(18,19)10-11-4-6-12(7-5-11)14(16)17/h4-7,13,15H,1-3,8-10H2. The lowest BCUT2D eigenvalue weighted by atomic mass is 10.2. The van der Waals surface area contributed by atoms with E-state index < -0.39 is 14.9 Å². The molecule has 112 valence electrons. The number of nitrogens with zero attached hydrogens (tertiary/aromatic N) is 1. The maximum Gasteiger partial charge on any atom is 0.269 e. The maximum absolute atomic E-state index is 11.8. The number of unbranched alkanes of at least 4 members (excludes halogenated alkanes) is 2. The van der Waals surface area contributed by atoms with Gasteiger partial charge in [0.1, 0.15) is 0 Å². The molecule has 0 spiro atoms. The number of aliphatic hydroxyl groups excluding tert-OH is 1. The average Bonchev–Trinajstić information content (AvgIpc) is 2.38. The van der Waals surface area contributed by atoms with Crippen molar-refractivity contribution in [3.05, 3.63) is 39.9 Å². The van der Waals surface area contributed by atoms with Gasteiger partial charge in [0.25, 0.3) is 5.69 Å². The van der Waals surface area contributed by atoms with Gasteiger partial charge in [-0.15, -0.1) is 0 Å². The zero-order valence-corrected chi connectivity index (χ0v) is 11.8. The van der Waals surface area contributed by atoms with Crippen LogP contribution in [-0.4, -0.2) is 31.6 Å².